The van der Waals surface area contributed by atoms with Gasteiger partial charge < -0.3 is 15.4 Å². The number of rotatable bonds is 4. The minimum absolute atomic E-state index is 0.152. The van der Waals surface area contributed by atoms with E-state index < -0.39 is 4.92 Å². The molecule has 17 heavy (non-hydrogen) atoms. The van der Waals surface area contributed by atoms with E-state index in [4.69, 9.17) is 0 Å². The lowest BCUT2D eigenvalue weighted by atomic mass is 10.4. The van der Waals surface area contributed by atoms with Gasteiger partial charge in [-0.25, -0.2) is 4.98 Å². The van der Waals surface area contributed by atoms with Crippen LogP contribution in [0.25, 0.3) is 0 Å². The Balaban J connectivity index is 1.97. The molecule has 0 aliphatic heterocycles. The molecule has 6 nitrogen and oxygen atoms in total. The molecule has 2 aromatic heterocycles. The lowest BCUT2D eigenvalue weighted by Gasteiger charge is -2.01. The molecule has 0 amide bonds. The van der Waals surface area contributed by atoms with Crippen LogP contribution in [-0.4, -0.2) is 14.9 Å². The summed E-state index contributed by atoms with van der Waals surface area (Å²) in [6, 6.07) is 3.00. The van der Waals surface area contributed by atoms with Crippen molar-refractivity contribution in [2.24, 2.45) is 0 Å². The van der Waals surface area contributed by atoms with Gasteiger partial charge >= 0.3 is 5.82 Å². The molecule has 2 heterocycles. The number of nitrogens with one attached hydrogen (secondary N) is 1. The molecule has 0 saturated heterocycles. The maximum absolute atomic E-state index is 10.4. The maximum Gasteiger partial charge on any atom is 0.363 e. The second-order valence-corrected chi connectivity index (χ2v) is 4.34. The normalized spacial score (nSPS) is 10.2. The van der Waals surface area contributed by atoms with Crippen LogP contribution in [0.4, 0.5) is 11.5 Å². The van der Waals surface area contributed by atoms with Crippen LogP contribution in [0.15, 0.2) is 23.7 Å². The molecule has 2 aromatic rings. The van der Waals surface area contributed by atoms with Gasteiger partial charge in [-0.2, -0.15) is 0 Å². The summed E-state index contributed by atoms with van der Waals surface area (Å²) < 4.78 is 0. The standard InChI is InChI=1S/C10H10N4O2S/c1-7-6-17-10(13-7)5-11-8-2-3-9(12-4-8)14(15)16/h2-4,6,11H,5H2,1H3. The van der Waals surface area contributed by atoms with Crippen molar-refractivity contribution in [3.63, 3.8) is 0 Å². The van der Waals surface area contributed by atoms with E-state index in [1.54, 1.807) is 17.4 Å². The third kappa shape index (κ3) is 2.97. The summed E-state index contributed by atoms with van der Waals surface area (Å²) in [7, 11) is 0. The molecule has 0 radical (unpaired) electrons. The van der Waals surface area contributed by atoms with Crippen molar-refractivity contribution in [3.05, 3.63) is 44.5 Å². The maximum atomic E-state index is 10.4. The Bertz CT molecular complexity index is 523. The van der Waals surface area contributed by atoms with Crippen LogP contribution in [0.5, 0.6) is 0 Å². The summed E-state index contributed by atoms with van der Waals surface area (Å²) in [5.41, 5.74) is 1.73. The summed E-state index contributed by atoms with van der Waals surface area (Å²) in [6.45, 7) is 2.53. The zero-order chi connectivity index (χ0) is 12.3. The third-order valence-electron chi connectivity index (χ3n) is 2.05. The lowest BCUT2D eigenvalue weighted by molar-refractivity contribution is -0.389. The van der Waals surface area contributed by atoms with Crippen molar-refractivity contribution < 1.29 is 4.92 Å². The Morgan fingerprint density at radius 3 is 2.88 bits per heavy atom. The van der Waals surface area contributed by atoms with Crippen molar-refractivity contribution >= 4 is 22.8 Å². The monoisotopic (exact) mass is 250 g/mol. The van der Waals surface area contributed by atoms with Gasteiger partial charge in [-0.15, -0.1) is 11.3 Å². The van der Waals surface area contributed by atoms with Gasteiger partial charge in [-0.1, -0.05) is 0 Å². The molecule has 0 fully saturated rings. The van der Waals surface area contributed by atoms with Crippen molar-refractivity contribution in [2.75, 3.05) is 5.32 Å². The quantitative estimate of drug-likeness (QED) is 0.665. The number of nitro groups is 1. The SMILES string of the molecule is Cc1csc(CNc2ccc([N+](=O)[O-])nc2)n1. The molecule has 7 heteroatoms. The largest absolute Gasteiger partial charge is 0.375 e. The van der Waals surface area contributed by atoms with E-state index >= 15 is 0 Å². The first-order valence-corrected chi connectivity index (χ1v) is 5.78. The number of anilines is 1. The van der Waals surface area contributed by atoms with E-state index in [0.717, 1.165) is 16.4 Å². The minimum atomic E-state index is -0.520. The fraction of sp³-hybridized carbons (Fsp3) is 0.200. The van der Waals surface area contributed by atoms with Gasteiger partial charge in [0.05, 0.1) is 12.2 Å². The number of aromatic nitrogens is 2. The van der Waals surface area contributed by atoms with Crippen molar-refractivity contribution in [2.45, 2.75) is 13.5 Å². The van der Waals surface area contributed by atoms with Crippen LogP contribution in [0, 0.1) is 17.0 Å². The highest BCUT2D eigenvalue weighted by Crippen LogP contribution is 2.14. The van der Waals surface area contributed by atoms with E-state index in [1.807, 2.05) is 12.3 Å². The van der Waals surface area contributed by atoms with Gasteiger partial charge in [0, 0.05) is 17.1 Å². The lowest BCUT2D eigenvalue weighted by Crippen LogP contribution is -2.00. The topological polar surface area (TPSA) is 81.0 Å². The molecule has 0 unspecified atom stereocenters. The van der Waals surface area contributed by atoms with Crippen LogP contribution < -0.4 is 5.32 Å². The van der Waals surface area contributed by atoms with Gasteiger partial charge in [0.25, 0.3) is 0 Å². The Labute approximate surface area is 102 Å². The Morgan fingerprint density at radius 1 is 1.53 bits per heavy atom. The van der Waals surface area contributed by atoms with E-state index in [-0.39, 0.29) is 5.82 Å². The molecule has 0 atom stereocenters. The molecule has 0 spiro atoms. The number of hydrogen-bond donors (Lipinski definition) is 1. The van der Waals surface area contributed by atoms with Crippen molar-refractivity contribution in [1.29, 1.82) is 0 Å². The Morgan fingerprint density at radius 2 is 2.35 bits per heavy atom. The summed E-state index contributed by atoms with van der Waals surface area (Å²) in [6.07, 6.45) is 1.44. The number of aryl methyl sites for hydroxylation is 1. The minimum Gasteiger partial charge on any atom is -0.375 e. The molecule has 0 bridgehead atoms. The fourth-order valence-corrected chi connectivity index (χ4v) is 1.97. The molecule has 0 aromatic carbocycles. The fourth-order valence-electron chi connectivity index (χ4n) is 1.26. The summed E-state index contributed by atoms with van der Waals surface area (Å²) >= 11 is 1.57. The number of pyridine rings is 1. The van der Waals surface area contributed by atoms with E-state index in [2.05, 4.69) is 15.3 Å². The van der Waals surface area contributed by atoms with E-state index in [9.17, 15) is 10.1 Å². The average molecular weight is 250 g/mol. The first-order valence-electron chi connectivity index (χ1n) is 4.90. The van der Waals surface area contributed by atoms with Gasteiger partial charge in [0.2, 0.25) is 0 Å². The second kappa shape index (κ2) is 4.88. The average Bonchev–Trinajstić information content (AvgIpc) is 2.73. The first-order chi connectivity index (χ1) is 8.15. The van der Waals surface area contributed by atoms with Gasteiger partial charge in [0.1, 0.15) is 5.01 Å². The predicted molar refractivity (Wildman–Crippen MR) is 65.1 cm³/mol. The molecule has 2 rings (SSSR count). The molecular weight excluding hydrogens is 240 g/mol. The van der Waals surface area contributed by atoms with Crippen LogP contribution in [0.1, 0.15) is 10.7 Å². The van der Waals surface area contributed by atoms with Crippen molar-refractivity contribution in [3.8, 4) is 0 Å². The predicted octanol–water partition coefficient (Wildman–Crippen LogP) is 2.37. The smallest absolute Gasteiger partial charge is 0.363 e. The highest BCUT2D eigenvalue weighted by Gasteiger charge is 2.06. The highest BCUT2D eigenvalue weighted by atomic mass is 32.1. The zero-order valence-corrected chi connectivity index (χ0v) is 9.90. The van der Waals surface area contributed by atoms with Crippen LogP contribution in [0.2, 0.25) is 0 Å². The summed E-state index contributed by atoms with van der Waals surface area (Å²) in [4.78, 5) is 17.9. The van der Waals surface area contributed by atoms with E-state index in [1.165, 1.54) is 12.3 Å². The van der Waals surface area contributed by atoms with Gasteiger partial charge in [-0.3, -0.25) is 0 Å². The van der Waals surface area contributed by atoms with Crippen molar-refractivity contribution in [1.82, 2.24) is 9.97 Å². The summed E-state index contributed by atoms with van der Waals surface area (Å²) in [5, 5.41) is 16.5. The first kappa shape index (κ1) is 11.5. The zero-order valence-electron chi connectivity index (χ0n) is 9.08. The van der Waals surface area contributed by atoms with Crippen LogP contribution in [0.3, 0.4) is 0 Å². The number of thiazole rings is 1. The Kier molecular flexibility index (Phi) is 3.29. The number of nitrogens with zero attached hydrogens (tertiary/aromatic N) is 3. The van der Waals surface area contributed by atoms with Crippen LogP contribution in [-0.2, 0) is 6.54 Å². The third-order valence-corrected chi connectivity index (χ3v) is 3.01. The number of hydrogen-bond acceptors (Lipinski definition) is 6. The molecule has 0 aliphatic carbocycles. The Hall–Kier alpha value is -2.02. The van der Waals surface area contributed by atoms with Gasteiger partial charge in [0.15, 0.2) is 6.20 Å². The molecular formula is C10H10N4O2S. The van der Waals surface area contributed by atoms with E-state index in [0.29, 0.717) is 6.54 Å². The molecule has 88 valence electrons. The van der Waals surface area contributed by atoms with Crippen LogP contribution >= 0.6 is 11.3 Å². The molecule has 0 aliphatic rings. The molecule has 1 N–H and O–H groups in total. The highest BCUT2D eigenvalue weighted by molar-refractivity contribution is 7.09. The second-order valence-electron chi connectivity index (χ2n) is 3.40. The summed E-state index contributed by atoms with van der Waals surface area (Å²) in [5.74, 6) is -0.152. The van der Waals surface area contributed by atoms with Gasteiger partial charge in [-0.05, 0) is 22.9 Å². The molecule has 0 saturated carbocycles.